The summed E-state index contributed by atoms with van der Waals surface area (Å²) in [7, 11) is 0. The van der Waals surface area contributed by atoms with Gasteiger partial charge in [0.15, 0.2) is 0 Å². The molecule has 0 spiro atoms. The maximum absolute atomic E-state index is 11.7. The summed E-state index contributed by atoms with van der Waals surface area (Å²) in [5.74, 6) is 0.362. The number of anilines is 2. The van der Waals surface area contributed by atoms with Crippen LogP contribution in [0.4, 0.5) is 11.6 Å². The summed E-state index contributed by atoms with van der Waals surface area (Å²) in [6.07, 6.45) is 0. The van der Waals surface area contributed by atoms with Crippen LogP contribution in [0.2, 0.25) is 10.0 Å². The van der Waals surface area contributed by atoms with Gasteiger partial charge in [-0.25, -0.2) is 4.98 Å². The molecule has 1 unspecified atom stereocenters. The molecule has 18 heavy (non-hydrogen) atoms. The van der Waals surface area contributed by atoms with Crippen LogP contribution in [0, 0.1) is 0 Å². The van der Waals surface area contributed by atoms with E-state index in [-0.39, 0.29) is 22.8 Å². The molecule has 5 nitrogen and oxygen atoms in total. The summed E-state index contributed by atoms with van der Waals surface area (Å²) >= 11 is 11.7. The van der Waals surface area contributed by atoms with E-state index >= 15 is 0 Å². The van der Waals surface area contributed by atoms with Gasteiger partial charge in [0, 0.05) is 6.04 Å². The topological polar surface area (TPSA) is 80.0 Å². The standard InChI is InChI=1S/C11H16Cl2N4O/c1-5(2)15-11(18)6(3)16-10-8(13)4-7(12)9(14)17-10/h4-6H,1-3H3,(H,15,18)(H3,14,16,17). The highest BCUT2D eigenvalue weighted by Crippen LogP contribution is 2.27. The monoisotopic (exact) mass is 290 g/mol. The summed E-state index contributed by atoms with van der Waals surface area (Å²) in [5.41, 5.74) is 5.58. The van der Waals surface area contributed by atoms with Crippen molar-refractivity contribution in [3.8, 4) is 0 Å². The Morgan fingerprint density at radius 3 is 2.50 bits per heavy atom. The number of nitrogens with zero attached hydrogens (tertiary/aromatic N) is 1. The molecule has 1 atom stereocenters. The first-order valence-electron chi connectivity index (χ1n) is 5.49. The van der Waals surface area contributed by atoms with Gasteiger partial charge < -0.3 is 16.4 Å². The van der Waals surface area contributed by atoms with Gasteiger partial charge >= 0.3 is 0 Å². The van der Waals surface area contributed by atoms with Gasteiger partial charge in [-0.1, -0.05) is 23.2 Å². The molecule has 0 aliphatic rings. The van der Waals surface area contributed by atoms with Crippen LogP contribution in [0.5, 0.6) is 0 Å². The summed E-state index contributed by atoms with van der Waals surface area (Å²) in [6.45, 7) is 5.48. The molecule has 4 N–H and O–H groups in total. The SMILES string of the molecule is CC(C)NC(=O)C(C)Nc1nc(N)c(Cl)cc1Cl. The Bertz CT molecular complexity index is 451. The first-order chi connectivity index (χ1) is 8.31. The summed E-state index contributed by atoms with van der Waals surface area (Å²) in [4.78, 5) is 15.7. The number of amides is 1. The fourth-order valence-corrected chi connectivity index (χ4v) is 1.68. The second-order valence-electron chi connectivity index (χ2n) is 4.22. The van der Waals surface area contributed by atoms with Crippen LogP contribution in [0.1, 0.15) is 20.8 Å². The molecule has 0 bridgehead atoms. The van der Waals surface area contributed by atoms with Gasteiger partial charge in [-0.15, -0.1) is 0 Å². The number of halogens is 2. The largest absolute Gasteiger partial charge is 0.382 e. The Morgan fingerprint density at radius 1 is 1.33 bits per heavy atom. The van der Waals surface area contributed by atoms with E-state index < -0.39 is 6.04 Å². The third-order valence-corrected chi connectivity index (χ3v) is 2.72. The molecule has 0 saturated carbocycles. The molecule has 0 saturated heterocycles. The molecule has 0 aromatic carbocycles. The molecular formula is C11H16Cl2N4O. The molecule has 0 fully saturated rings. The quantitative estimate of drug-likeness (QED) is 0.795. The van der Waals surface area contributed by atoms with Gasteiger partial charge in [-0.05, 0) is 26.8 Å². The van der Waals surface area contributed by atoms with Crippen molar-refractivity contribution in [1.82, 2.24) is 10.3 Å². The number of nitrogen functional groups attached to an aromatic ring is 1. The smallest absolute Gasteiger partial charge is 0.242 e. The van der Waals surface area contributed by atoms with Crippen molar-refractivity contribution >= 4 is 40.7 Å². The maximum atomic E-state index is 11.7. The number of hydrogen-bond acceptors (Lipinski definition) is 4. The number of rotatable bonds is 4. The molecule has 7 heteroatoms. The van der Waals surface area contributed by atoms with E-state index in [9.17, 15) is 4.79 Å². The van der Waals surface area contributed by atoms with Crippen molar-refractivity contribution in [2.24, 2.45) is 0 Å². The van der Waals surface area contributed by atoms with Crippen molar-refractivity contribution < 1.29 is 4.79 Å². The number of hydrogen-bond donors (Lipinski definition) is 3. The second-order valence-corrected chi connectivity index (χ2v) is 5.03. The Balaban J connectivity index is 2.79. The Morgan fingerprint density at radius 2 is 1.94 bits per heavy atom. The lowest BCUT2D eigenvalue weighted by Gasteiger charge is -2.17. The van der Waals surface area contributed by atoms with Crippen LogP contribution in [0.15, 0.2) is 6.07 Å². The van der Waals surface area contributed by atoms with E-state index in [0.29, 0.717) is 10.8 Å². The van der Waals surface area contributed by atoms with E-state index in [2.05, 4.69) is 15.6 Å². The maximum Gasteiger partial charge on any atom is 0.242 e. The number of carbonyl (C=O) groups is 1. The Kier molecular flexibility index (Phi) is 5.04. The zero-order valence-corrected chi connectivity index (χ0v) is 11.9. The van der Waals surface area contributed by atoms with Crippen molar-refractivity contribution in [2.75, 3.05) is 11.1 Å². The molecule has 1 rings (SSSR count). The minimum absolute atomic E-state index is 0.0699. The normalized spacial score (nSPS) is 12.3. The predicted molar refractivity (Wildman–Crippen MR) is 75.0 cm³/mol. The molecule has 1 heterocycles. The molecule has 1 amide bonds. The van der Waals surface area contributed by atoms with Crippen LogP contribution < -0.4 is 16.4 Å². The predicted octanol–water partition coefficient (Wildman–Crippen LogP) is 2.30. The van der Waals surface area contributed by atoms with Crippen molar-refractivity contribution in [3.05, 3.63) is 16.1 Å². The highest BCUT2D eigenvalue weighted by Gasteiger charge is 2.16. The van der Waals surface area contributed by atoms with Crippen LogP contribution in [0.25, 0.3) is 0 Å². The fourth-order valence-electron chi connectivity index (χ4n) is 1.26. The van der Waals surface area contributed by atoms with Gasteiger partial charge in [0.05, 0.1) is 10.0 Å². The molecule has 1 aromatic heterocycles. The third kappa shape index (κ3) is 3.92. The van der Waals surface area contributed by atoms with E-state index in [4.69, 9.17) is 28.9 Å². The minimum atomic E-state index is -0.474. The van der Waals surface area contributed by atoms with E-state index in [0.717, 1.165) is 0 Å². The zero-order valence-electron chi connectivity index (χ0n) is 10.4. The number of pyridine rings is 1. The fraction of sp³-hybridized carbons (Fsp3) is 0.455. The van der Waals surface area contributed by atoms with Crippen LogP contribution >= 0.6 is 23.2 Å². The lowest BCUT2D eigenvalue weighted by Crippen LogP contribution is -2.41. The minimum Gasteiger partial charge on any atom is -0.382 e. The van der Waals surface area contributed by atoms with Gasteiger partial charge in [0.25, 0.3) is 0 Å². The first kappa shape index (κ1) is 14.9. The van der Waals surface area contributed by atoms with Crippen LogP contribution in [-0.4, -0.2) is 23.0 Å². The van der Waals surface area contributed by atoms with Crippen LogP contribution in [-0.2, 0) is 4.79 Å². The van der Waals surface area contributed by atoms with Crippen molar-refractivity contribution in [2.45, 2.75) is 32.9 Å². The second kappa shape index (κ2) is 6.11. The lowest BCUT2D eigenvalue weighted by molar-refractivity contribution is -0.122. The highest BCUT2D eigenvalue weighted by atomic mass is 35.5. The lowest BCUT2D eigenvalue weighted by atomic mass is 10.2. The molecule has 100 valence electrons. The van der Waals surface area contributed by atoms with Gasteiger partial charge in [0.2, 0.25) is 5.91 Å². The molecule has 0 aliphatic carbocycles. The number of aromatic nitrogens is 1. The van der Waals surface area contributed by atoms with Crippen LogP contribution in [0.3, 0.4) is 0 Å². The van der Waals surface area contributed by atoms with Gasteiger partial charge in [-0.2, -0.15) is 0 Å². The number of nitrogens with two attached hydrogens (primary N) is 1. The first-order valence-corrected chi connectivity index (χ1v) is 6.25. The zero-order chi connectivity index (χ0) is 13.9. The average Bonchev–Trinajstić information content (AvgIpc) is 2.24. The third-order valence-electron chi connectivity index (χ3n) is 2.13. The van der Waals surface area contributed by atoms with Gasteiger partial charge in [-0.3, -0.25) is 4.79 Å². The van der Waals surface area contributed by atoms with E-state index in [1.54, 1.807) is 6.92 Å². The van der Waals surface area contributed by atoms with Gasteiger partial charge in [0.1, 0.15) is 17.7 Å². The Labute approximate surface area is 116 Å². The van der Waals surface area contributed by atoms with E-state index in [1.807, 2.05) is 13.8 Å². The Hall–Kier alpha value is -1.20. The van der Waals surface area contributed by atoms with E-state index in [1.165, 1.54) is 6.07 Å². The number of carbonyl (C=O) groups excluding carboxylic acids is 1. The van der Waals surface area contributed by atoms with Crippen molar-refractivity contribution in [1.29, 1.82) is 0 Å². The summed E-state index contributed by atoms with van der Waals surface area (Å²) in [5, 5.41) is 6.27. The average molecular weight is 291 g/mol. The summed E-state index contributed by atoms with van der Waals surface area (Å²) < 4.78 is 0. The highest BCUT2D eigenvalue weighted by molar-refractivity contribution is 6.37. The summed E-state index contributed by atoms with van der Waals surface area (Å²) in [6, 6.07) is 1.08. The van der Waals surface area contributed by atoms with Crippen molar-refractivity contribution in [3.63, 3.8) is 0 Å². The molecule has 1 aromatic rings. The molecule has 0 radical (unpaired) electrons. The molecular weight excluding hydrogens is 275 g/mol. The number of nitrogens with one attached hydrogen (secondary N) is 2. The molecule has 0 aliphatic heterocycles.